The predicted octanol–water partition coefficient (Wildman–Crippen LogP) is 1.17. The summed E-state index contributed by atoms with van der Waals surface area (Å²) in [6.45, 7) is 1.99. The molecular formula is C33H43N7O9. The number of ether oxygens (including phenoxy) is 2. The maximum Gasteiger partial charge on any atom is 0.407 e. The molecular weight excluding hydrogens is 638 g/mol. The van der Waals surface area contributed by atoms with Gasteiger partial charge in [0, 0.05) is 51.8 Å². The number of nitrogens with one attached hydrogen (secondary N) is 2. The molecule has 16 heteroatoms. The van der Waals surface area contributed by atoms with Gasteiger partial charge in [-0.15, -0.1) is 0 Å². The van der Waals surface area contributed by atoms with Gasteiger partial charge in [-0.3, -0.25) is 24.0 Å². The molecule has 0 radical (unpaired) electrons. The molecule has 3 fully saturated rings. The molecule has 2 aromatic rings. The van der Waals surface area contributed by atoms with Crippen molar-refractivity contribution >= 4 is 35.7 Å². The van der Waals surface area contributed by atoms with Crippen LogP contribution < -0.4 is 15.4 Å². The number of para-hydroxylation sites is 1. The van der Waals surface area contributed by atoms with Crippen molar-refractivity contribution < 1.29 is 43.3 Å². The van der Waals surface area contributed by atoms with E-state index in [9.17, 15) is 33.9 Å². The Morgan fingerprint density at radius 3 is 2.33 bits per heavy atom. The molecule has 1 aromatic heterocycles. The minimum Gasteiger partial charge on any atom is -0.467 e. The molecule has 2 aliphatic heterocycles. The molecule has 3 heterocycles. The topological polar surface area (TPSA) is 193 Å². The van der Waals surface area contributed by atoms with Crippen molar-refractivity contribution in [3.8, 4) is 11.6 Å². The van der Waals surface area contributed by atoms with E-state index < -0.39 is 36.0 Å². The van der Waals surface area contributed by atoms with Gasteiger partial charge in [-0.25, -0.2) is 9.48 Å². The van der Waals surface area contributed by atoms with E-state index in [1.54, 1.807) is 24.3 Å². The molecule has 5 amide bonds. The fourth-order valence-corrected chi connectivity index (χ4v) is 6.07. The van der Waals surface area contributed by atoms with Crippen molar-refractivity contribution in [2.24, 2.45) is 0 Å². The minimum absolute atomic E-state index is 0.0521. The lowest BCUT2D eigenvalue weighted by Gasteiger charge is -2.35. The number of hydrogen-bond donors (Lipinski definition) is 3. The number of nitrogens with zero attached hydrogens (tertiary/aromatic N) is 5. The number of carbonyl (C=O) groups is 6. The average molecular weight is 682 g/mol. The van der Waals surface area contributed by atoms with E-state index in [0.29, 0.717) is 25.1 Å². The lowest BCUT2D eigenvalue weighted by atomic mass is 9.93. The Labute approximate surface area is 283 Å². The quantitative estimate of drug-likeness (QED) is 0.204. The third kappa shape index (κ3) is 9.06. The van der Waals surface area contributed by atoms with Crippen LogP contribution in [0.5, 0.6) is 5.88 Å². The van der Waals surface area contributed by atoms with Gasteiger partial charge in [0.15, 0.2) is 12.3 Å². The van der Waals surface area contributed by atoms with Gasteiger partial charge in [-0.1, -0.05) is 18.2 Å². The van der Waals surface area contributed by atoms with Crippen molar-refractivity contribution in [3.63, 3.8) is 0 Å². The highest BCUT2D eigenvalue weighted by Crippen LogP contribution is 2.24. The second-order valence-electron chi connectivity index (χ2n) is 12.4. The van der Waals surface area contributed by atoms with Crippen molar-refractivity contribution in [3.05, 3.63) is 42.1 Å². The molecule has 1 aromatic carbocycles. The van der Waals surface area contributed by atoms with Gasteiger partial charge < -0.3 is 39.9 Å². The molecule has 2 atom stereocenters. The van der Waals surface area contributed by atoms with Gasteiger partial charge >= 0.3 is 12.1 Å². The third-order valence-corrected chi connectivity index (χ3v) is 8.99. The van der Waals surface area contributed by atoms with E-state index in [1.165, 1.54) is 32.4 Å². The van der Waals surface area contributed by atoms with Crippen molar-refractivity contribution in [1.82, 2.24) is 35.1 Å². The van der Waals surface area contributed by atoms with Gasteiger partial charge in [0.25, 0.3) is 11.8 Å². The molecule has 264 valence electrons. The Hall–Kier alpha value is -5.15. The summed E-state index contributed by atoms with van der Waals surface area (Å²) in [6, 6.07) is 8.86. The monoisotopic (exact) mass is 681 g/mol. The van der Waals surface area contributed by atoms with Crippen LogP contribution in [0.4, 0.5) is 4.79 Å². The number of hydrogen-bond acceptors (Lipinski definition) is 9. The molecule has 3 N–H and O–H groups in total. The third-order valence-electron chi connectivity index (χ3n) is 8.99. The van der Waals surface area contributed by atoms with Crippen LogP contribution >= 0.6 is 0 Å². The van der Waals surface area contributed by atoms with Crippen LogP contribution in [0.15, 0.2) is 36.4 Å². The summed E-state index contributed by atoms with van der Waals surface area (Å²) in [5.41, 5.74) is 0.493. The standard InChI is InChI=1S/C33H43N7O9/c1-22(41)48-19-7-12-25(32(45)37-15-17-38(18-16-37)33(46)47)35-30(43)26-20-29(40(36-26)24-10-3-2-4-11-24)49-21-28(42)39-14-6-13-27(39)31(44)34-23-8-5-9-23/h2-4,10-11,20,23,25,27H,5-9,12-19,21H2,1H3,(H,34,44)(H,35,43)(H,46,47). The highest BCUT2D eigenvalue weighted by molar-refractivity contribution is 5.96. The number of esters is 1. The van der Waals surface area contributed by atoms with E-state index in [0.717, 1.165) is 19.3 Å². The molecule has 5 rings (SSSR count). The molecule has 2 unspecified atom stereocenters. The number of likely N-dealkylation sites (tertiary alicyclic amines) is 1. The Kier molecular flexibility index (Phi) is 11.7. The largest absolute Gasteiger partial charge is 0.467 e. The van der Waals surface area contributed by atoms with E-state index in [1.807, 2.05) is 6.07 Å². The summed E-state index contributed by atoms with van der Waals surface area (Å²) in [7, 11) is 0. The van der Waals surface area contributed by atoms with E-state index in [-0.39, 0.29) is 81.7 Å². The number of aromatic nitrogens is 2. The smallest absolute Gasteiger partial charge is 0.407 e. The normalized spacial score (nSPS) is 18.3. The zero-order chi connectivity index (χ0) is 34.9. The molecule has 1 aliphatic carbocycles. The molecule has 3 aliphatic rings. The maximum atomic E-state index is 13.6. The van der Waals surface area contributed by atoms with Crippen LogP contribution in [-0.2, 0) is 23.9 Å². The maximum absolute atomic E-state index is 13.6. The van der Waals surface area contributed by atoms with E-state index in [4.69, 9.17) is 9.47 Å². The lowest BCUT2D eigenvalue weighted by molar-refractivity contribution is -0.141. The predicted molar refractivity (Wildman–Crippen MR) is 173 cm³/mol. The van der Waals surface area contributed by atoms with E-state index in [2.05, 4.69) is 15.7 Å². The molecule has 0 spiro atoms. The van der Waals surface area contributed by atoms with Gasteiger partial charge in [0.2, 0.25) is 17.7 Å². The first kappa shape index (κ1) is 35.2. The number of benzene rings is 1. The summed E-state index contributed by atoms with van der Waals surface area (Å²) in [5, 5.41) is 19.5. The lowest BCUT2D eigenvalue weighted by Crippen LogP contribution is -2.55. The molecule has 49 heavy (non-hydrogen) atoms. The fraction of sp³-hybridized carbons (Fsp3) is 0.545. The average Bonchev–Trinajstić information content (AvgIpc) is 3.75. The summed E-state index contributed by atoms with van der Waals surface area (Å²) in [6.07, 6.45) is 3.63. The van der Waals surface area contributed by atoms with Crippen LogP contribution in [0.25, 0.3) is 5.69 Å². The van der Waals surface area contributed by atoms with Crippen LogP contribution in [-0.4, -0.2) is 129 Å². The van der Waals surface area contributed by atoms with Crippen molar-refractivity contribution in [2.45, 2.75) is 70.0 Å². The summed E-state index contributed by atoms with van der Waals surface area (Å²) >= 11 is 0. The van der Waals surface area contributed by atoms with Gasteiger partial charge in [-0.05, 0) is 57.1 Å². The molecule has 0 bridgehead atoms. The summed E-state index contributed by atoms with van der Waals surface area (Å²) in [5.74, 6) is -1.93. The summed E-state index contributed by atoms with van der Waals surface area (Å²) < 4.78 is 12.3. The SMILES string of the molecule is CC(=O)OCCCC(NC(=O)c1cc(OCC(=O)N2CCCC2C(=O)NC2CCC2)n(-c2ccccc2)n1)C(=O)N1CCN(C(=O)O)CC1. The number of piperazine rings is 1. The van der Waals surface area contributed by atoms with Crippen LogP contribution in [0.2, 0.25) is 0 Å². The van der Waals surface area contributed by atoms with Crippen LogP contribution in [0.1, 0.15) is 62.4 Å². The van der Waals surface area contributed by atoms with Gasteiger partial charge in [-0.2, -0.15) is 5.10 Å². The fourth-order valence-electron chi connectivity index (χ4n) is 6.07. The Bertz CT molecular complexity index is 1520. The second kappa shape index (κ2) is 16.3. The summed E-state index contributed by atoms with van der Waals surface area (Å²) in [4.78, 5) is 80.1. The van der Waals surface area contributed by atoms with Gasteiger partial charge in [0.05, 0.1) is 12.3 Å². The van der Waals surface area contributed by atoms with E-state index >= 15 is 0 Å². The Morgan fingerprint density at radius 2 is 1.67 bits per heavy atom. The first-order valence-electron chi connectivity index (χ1n) is 16.7. The Balaban J connectivity index is 1.28. The molecule has 1 saturated carbocycles. The first-order chi connectivity index (χ1) is 23.6. The number of rotatable bonds is 13. The number of carboxylic acid groups (broad SMARTS) is 1. The van der Waals surface area contributed by atoms with Crippen molar-refractivity contribution in [2.75, 3.05) is 45.9 Å². The zero-order valence-electron chi connectivity index (χ0n) is 27.5. The van der Waals surface area contributed by atoms with Crippen LogP contribution in [0.3, 0.4) is 0 Å². The highest BCUT2D eigenvalue weighted by Gasteiger charge is 2.36. The molecule has 2 saturated heterocycles. The molecule has 16 nitrogen and oxygen atoms in total. The highest BCUT2D eigenvalue weighted by atomic mass is 16.5. The minimum atomic E-state index is -1.07. The Morgan fingerprint density at radius 1 is 0.959 bits per heavy atom. The number of amides is 5. The van der Waals surface area contributed by atoms with Crippen molar-refractivity contribution in [1.29, 1.82) is 0 Å². The van der Waals surface area contributed by atoms with Gasteiger partial charge in [0.1, 0.15) is 12.1 Å². The number of carbonyl (C=O) groups excluding carboxylic acids is 5. The second-order valence-corrected chi connectivity index (χ2v) is 12.4. The first-order valence-corrected chi connectivity index (χ1v) is 16.7. The zero-order valence-corrected chi connectivity index (χ0v) is 27.5. The van der Waals surface area contributed by atoms with Crippen LogP contribution in [0, 0.1) is 0 Å².